The molecule has 1 aromatic heterocycles. The Morgan fingerprint density at radius 1 is 1.13 bits per heavy atom. The molecule has 1 amide bonds. The molecule has 8 rings (SSSR count). The molecular weight excluding hydrogens is 716 g/mol. The fraction of sp³-hybridized carbons (Fsp3) is 0.523. The van der Waals surface area contributed by atoms with Crippen LogP contribution in [-0.4, -0.2) is 90.4 Å². The van der Waals surface area contributed by atoms with Gasteiger partial charge in [0.1, 0.15) is 11.3 Å². The van der Waals surface area contributed by atoms with E-state index in [-0.39, 0.29) is 23.2 Å². The van der Waals surface area contributed by atoms with Crippen molar-refractivity contribution in [1.29, 1.82) is 0 Å². The number of aliphatic carboxylic acids is 1. The predicted octanol–water partition coefficient (Wildman–Crippen LogP) is 7.28. The number of aryl methyl sites for hydroxylation is 1. The molecule has 1 saturated carbocycles. The van der Waals surface area contributed by atoms with Crippen molar-refractivity contribution < 1.29 is 28.9 Å². The highest BCUT2D eigenvalue weighted by atomic mass is 35.5. The van der Waals surface area contributed by atoms with Crippen LogP contribution in [0.2, 0.25) is 5.02 Å². The average Bonchev–Trinajstić information content (AvgIpc) is 3.29. The number of carbonyl (C=O) groups is 2. The molecule has 3 heterocycles. The van der Waals surface area contributed by atoms with Gasteiger partial charge < -0.3 is 29.5 Å². The summed E-state index contributed by atoms with van der Waals surface area (Å²) in [6.07, 6.45) is 10.5. The molecule has 2 aliphatic heterocycles. The Morgan fingerprint density at radius 2 is 1.91 bits per heavy atom. The van der Waals surface area contributed by atoms with E-state index in [4.69, 9.17) is 25.8 Å². The predicted molar refractivity (Wildman–Crippen MR) is 213 cm³/mol. The summed E-state index contributed by atoms with van der Waals surface area (Å²) in [6.45, 7) is 8.76. The number of likely N-dealkylation sites (N-methyl/N-ethyl adjacent to an activating group) is 1. The summed E-state index contributed by atoms with van der Waals surface area (Å²) in [5.41, 5.74) is 5.35. The van der Waals surface area contributed by atoms with Crippen LogP contribution in [-0.2, 0) is 27.8 Å². The third-order valence-electron chi connectivity index (χ3n) is 12.8. The number of carbonyl (C=O) groups excluding carboxylic acids is 1. The van der Waals surface area contributed by atoms with Crippen LogP contribution in [0.3, 0.4) is 0 Å². The summed E-state index contributed by atoms with van der Waals surface area (Å²) in [4.78, 5) is 34.1. The normalized spacial score (nSPS) is 27.7. The fourth-order valence-corrected chi connectivity index (χ4v) is 9.88. The molecule has 0 radical (unpaired) electrons. The van der Waals surface area contributed by atoms with Gasteiger partial charge in [-0.2, -0.15) is 0 Å². The number of nitrogens with one attached hydrogen (secondary N) is 1. The second kappa shape index (κ2) is 15.3. The summed E-state index contributed by atoms with van der Waals surface area (Å²) in [5.74, 6) is 2.39. The minimum absolute atomic E-state index is 0.118. The van der Waals surface area contributed by atoms with Gasteiger partial charge in [-0.1, -0.05) is 43.2 Å². The zero-order valence-electron chi connectivity index (χ0n) is 32.2. The molecule has 55 heavy (non-hydrogen) atoms. The number of hydrogen-bond acceptors (Lipinski definition) is 8. The van der Waals surface area contributed by atoms with E-state index in [1.807, 2.05) is 31.4 Å². The van der Waals surface area contributed by atoms with E-state index in [0.29, 0.717) is 68.7 Å². The van der Waals surface area contributed by atoms with Crippen LogP contribution in [0.15, 0.2) is 60.3 Å². The largest absolute Gasteiger partial charge is 0.493 e. The van der Waals surface area contributed by atoms with Crippen molar-refractivity contribution in [1.82, 2.24) is 14.8 Å². The molecule has 2 fully saturated rings. The first-order valence-corrected chi connectivity index (χ1v) is 20.4. The van der Waals surface area contributed by atoms with Gasteiger partial charge in [0.15, 0.2) is 11.5 Å². The Balaban J connectivity index is 1.06. The van der Waals surface area contributed by atoms with Crippen molar-refractivity contribution in [3.8, 4) is 17.2 Å². The number of halogens is 1. The first-order chi connectivity index (χ1) is 26.5. The summed E-state index contributed by atoms with van der Waals surface area (Å²) >= 11 is 6.31. The zero-order valence-corrected chi connectivity index (χ0v) is 33.0. The van der Waals surface area contributed by atoms with Gasteiger partial charge in [0.05, 0.1) is 26.4 Å². The maximum absolute atomic E-state index is 13.1. The van der Waals surface area contributed by atoms with Gasteiger partial charge in [0.2, 0.25) is 5.91 Å². The number of allylic oxidation sites excluding steroid dienone is 1. The Labute approximate surface area is 329 Å². The summed E-state index contributed by atoms with van der Waals surface area (Å²) < 4.78 is 19.6. The van der Waals surface area contributed by atoms with Crippen molar-refractivity contribution in [2.24, 2.45) is 11.8 Å². The first-order valence-electron chi connectivity index (χ1n) is 20.0. The number of nitrogens with zero attached hydrogens (tertiary/aromatic N) is 3. The Hall–Kier alpha value is -4.28. The number of rotatable bonds is 9. The number of fused-ring (bicyclic) bond motifs is 4. The number of pyridine rings is 1. The Morgan fingerprint density at radius 3 is 2.65 bits per heavy atom. The molecule has 5 aliphatic rings. The first kappa shape index (κ1) is 37.6. The number of anilines is 1. The van der Waals surface area contributed by atoms with Crippen molar-refractivity contribution in [2.75, 3.05) is 58.4 Å². The van der Waals surface area contributed by atoms with E-state index in [1.165, 1.54) is 22.3 Å². The van der Waals surface area contributed by atoms with Crippen LogP contribution < -0.4 is 19.5 Å². The van der Waals surface area contributed by atoms with Crippen LogP contribution >= 0.6 is 11.6 Å². The number of aromatic nitrogens is 1. The number of amides is 1. The minimum atomic E-state index is -1.13. The van der Waals surface area contributed by atoms with E-state index in [1.54, 1.807) is 17.0 Å². The van der Waals surface area contributed by atoms with Gasteiger partial charge in [0.25, 0.3) is 0 Å². The lowest BCUT2D eigenvalue weighted by Crippen LogP contribution is -2.52. The van der Waals surface area contributed by atoms with Crippen LogP contribution in [0.5, 0.6) is 17.2 Å². The molecule has 2 N–H and O–H groups in total. The monoisotopic (exact) mass is 768 g/mol. The lowest BCUT2D eigenvalue weighted by Gasteiger charge is -2.45. The summed E-state index contributed by atoms with van der Waals surface area (Å²) in [5, 5.41) is 14.7. The molecule has 292 valence electrons. The van der Waals surface area contributed by atoms with Crippen LogP contribution in [0.25, 0.3) is 0 Å². The Kier molecular flexibility index (Phi) is 10.5. The SMILES string of the molecule is C[C@H](/C=C1\Cc2cc3c(cc2C12CCC(Nc1cccc(Cl)c1)(C(=O)O)CC2)OCC(CN1CCN(C)C(=O)C1)CO3)COc1ccnc2c1[C@H](C)CCC2. The second-order valence-corrected chi connectivity index (χ2v) is 17.2. The van der Waals surface area contributed by atoms with Crippen LogP contribution in [0, 0.1) is 11.8 Å². The lowest BCUT2D eigenvalue weighted by atomic mass is 9.62. The fourth-order valence-electron chi connectivity index (χ4n) is 9.69. The molecule has 1 saturated heterocycles. The second-order valence-electron chi connectivity index (χ2n) is 16.7. The van der Waals surface area contributed by atoms with Crippen molar-refractivity contribution in [2.45, 2.75) is 82.1 Å². The molecule has 2 aromatic carbocycles. The van der Waals surface area contributed by atoms with Gasteiger partial charge in [-0.3, -0.25) is 14.7 Å². The van der Waals surface area contributed by atoms with Gasteiger partial charge >= 0.3 is 5.97 Å². The van der Waals surface area contributed by atoms with E-state index < -0.39 is 11.5 Å². The summed E-state index contributed by atoms with van der Waals surface area (Å²) in [6, 6.07) is 13.6. The van der Waals surface area contributed by atoms with Gasteiger partial charge in [-0.05, 0) is 105 Å². The molecular formula is C44H53ClN4O6. The van der Waals surface area contributed by atoms with Crippen LogP contribution in [0.1, 0.15) is 80.7 Å². The maximum atomic E-state index is 13.1. The van der Waals surface area contributed by atoms with Crippen molar-refractivity contribution in [3.63, 3.8) is 0 Å². The third-order valence-corrected chi connectivity index (χ3v) is 13.1. The van der Waals surface area contributed by atoms with E-state index in [9.17, 15) is 14.7 Å². The van der Waals surface area contributed by atoms with Crippen molar-refractivity contribution >= 4 is 29.2 Å². The van der Waals surface area contributed by atoms with E-state index in [0.717, 1.165) is 68.3 Å². The average molecular weight is 769 g/mol. The van der Waals surface area contributed by atoms with E-state index in [2.05, 4.69) is 47.3 Å². The molecule has 1 spiro atoms. The minimum Gasteiger partial charge on any atom is -0.493 e. The van der Waals surface area contributed by atoms with Gasteiger partial charge in [-0.25, -0.2) is 4.79 Å². The quantitative estimate of drug-likeness (QED) is 0.217. The van der Waals surface area contributed by atoms with Gasteiger partial charge in [-0.15, -0.1) is 0 Å². The zero-order chi connectivity index (χ0) is 38.3. The molecule has 0 bridgehead atoms. The molecule has 3 aromatic rings. The number of carboxylic acid groups (broad SMARTS) is 1. The molecule has 10 nitrogen and oxygen atoms in total. The lowest BCUT2D eigenvalue weighted by molar-refractivity contribution is -0.144. The van der Waals surface area contributed by atoms with E-state index >= 15 is 0 Å². The molecule has 3 aliphatic carbocycles. The number of ether oxygens (including phenoxy) is 3. The highest BCUT2D eigenvalue weighted by Crippen LogP contribution is 2.56. The molecule has 1 unspecified atom stereocenters. The highest BCUT2D eigenvalue weighted by Gasteiger charge is 2.52. The maximum Gasteiger partial charge on any atom is 0.329 e. The number of carboxylic acids is 1. The number of hydrogen-bond donors (Lipinski definition) is 2. The Bertz CT molecular complexity index is 1980. The topological polar surface area (TPSA) is 113 Å². The molecule has 11 heteroatoms. The number of benzene rings is 2. The number of piperazine rings is 1. The standard InChI is InChI=1S/C44H53ClN4O6/c1-28(25-53-37-10-15-46-36-9-4-6-29(2)41(36)37)18-32-19-31-20-38-39(55-27-30(26-54-38)23-49-17-16-48(3)40(50)24-49)22-35(31)43(32)11-13-44(14-12-43,42(51)52)47-34-8-5-7-33(45)21-34/h5,7-8,10,15,18,20-22,28-30,47H,4,6,9,11-14,16-17,19,23-27H2,1-3H3,(H,51,52)/b32-18+/t28-,29-,30?,43?,44?/m1/s1. The third kappa shape index (κ3) is 7.52. The molecule has 3 atom stereocenters. The smallest absolute Gasteiger partial charge is 0.329 e. The van der Waals surface area contributed by atoms with Gasteiger partial charge in [0, 0.05) is 72.1 Å². The van der Waals surface area contributed by atoms with Crippen LogP contribution in [0.4, 0.5) is 5.69 Å². The summed E-state index contributed by atoms with van der Waals surface area (Å²) in [7, 11) is 1.85. The highest BCUT2D eigenvalue weighted by molar-refractivity contribution is 6.30. The van der Waals surface area contributed by atoms with Crippen molar-refractivity contribution in [3.05, 3.63) is 87.7 Å².